The summed E-state index contributed by atoms with van der Waals surface area (Å²) in [5.74, 6) is 1.64. The molecule has 2 aromatic heterocycles. The third-order valence-electron chi connectivity index (χ3n) is 4.03. The molecule has 1 atom stereocenters. The topological polar surface area (TPSA) is 77.2 Å². The number of methoxy groups -OCH3 is 1. The molecule has 2 heterocycles. The number of carbonyl (C=O) groups excluding carboxylic acids is 1. The zero-order valence-corrected chi connectivity index (χ0v) is 15.8. The summed E-state index contributed by atoms with van der Waals surface area (Å²) < 4.78 is 11.0. The lowest BCUT2D eigenvalue weighted by Crippen LogP contribution is -2.27. The maximum Gasteiger partial charge on any atom is 0.248 e. The van der Waals surface area contributed by atoms with Crippen LogP contribution in [-0.4, -0.2) is 23.2 Å². The summed E-state index contributed by atoms with van der Waals surface area (Å²) in [5.41, 5.74) is 2.98. The van der Waals surface area contributed by atoms with Gasteiger partial charge in [-0.05, 0) is 31.4 Å². The molecule has 3 rings (SSSR count). The molecule has 0 saturated carbocycles. The first kappa shape index (κ1) is 18.1. The lowest BCUT2D eigenvalue weighted by molar-refractivity contribution is -0.121. The summed E-state index contributed by atoms with van der Waals surface area (Å²) in [5, 5.41) is 14.9. The highest BCUT2D eigenvalue weighted by Gasteiger charge is 2.16. The van der Waals surface area contributed by atoms with Crippen molar-refractivity contribution in [3.05, 3.63) is 52.0 Å². The predicted octanol–water partition coefficient (Wildman–Crippen LogP) is 3.93. The Labute approximate surface area is 156 Å². The van der Waals surface area contributed by atoms with Crippen LogP contribution in [0.15, 0.2) is 39.4 Å². The number of benzene rings is 1. The highest BCUT2D eigenvalue weighted by Crippen LogP contribution is 2.26. The molecule has 0 radical (unpaired) electrons. The second kappa shape index (κ2) is 8.14. The molecule has 1 aromatic carbocycles. The van der Waals surface area contributed by atoms with Gasteiger partial charge in [-0.1, -0.05) is 17.7 Å². The zero-order valence-electron chi connectivity index (χ0n) is 15.0. The minimum Gasteiger partial charge on any atom is -0.496 e. The molecular weight excluding hydrogens is 350 g/mol. The number of hydrogen-bond donors (Lipinski definition) is 1. The van der Waals surface area contributed by atoms with E-state index in [9.17, 15) is 4.79 Å². The van der Waals surface area contributed by atoms with Crippen LogP contribution in [0.2, 0.25) is 0 Å². The van der Waals surface area contributed by atoms with E-state index in [0.717, 1.165) is 22.4 Å². The van der Waals surface area contributed by atoms with E-state index in [1.807, 2.05) is 48.9 Å². The Morgan fingerprint density at radius 3 is 2.92 bits per heavy atom. The molecule has 6 nitrogen and oxygen atoms in total. The number of hydrogen-bond acceptors (Lipinski definition) is 6. The van der Waals surface area contributed by atoms with Crippen LogP contribution in [0.3, 0.4) is 0 Å². The lowest BCUT2D eigenvalue weighted by Gasteiger charge is -2.18. The van der Waals surface area contributed by atoms with E-state index in [2.05, 4.69) is 15.5 Å². The van der Waals surface area contributed by atoms with Gasteiger partial charge in [-0.2, -0.15) is 11.3 Å². The summed E-state index contributed by atoms with van der Waals surface area (Å²) in [6, 6.07) is 7.69. The number of ether oxygens (including phenoxy) is 1. The number of nitrogens with zero attached hydrogens (tertiary/aromatic N) is 2. The van der Waals surface area contributed by atoms with Gasteiger partial charge in [0.25, 0.3) is 0 Å². The first-order valence-electron chi connectivity index (χ1n) is 8.35. The van der Waals surface area contributed by atoms with Crippen LogP contribution in [0.4, 0.5) is 0 Å². The molecule has 3 aromatic rings. The maximum absolute atomic E-state index is 12.3. The monoisotopic (exact) mass is 371 g/mol. The van der Waals surface area contributed by atoms with Crippen molar-refractivity contribution in [1.82, 2.24) is 15.5 Å². The van der Waals surface area contributed by atoms with Crippen LogP contribution >= 0.6 is 11.3 Å². The van der Waals surface area contributed by atoms with E-state index in [1.165, 1.54) is 0 Å². The number of aryl methyl sites for hydroxylation is 2. The van der Waals surface area contributed by atoms with E-state index in [1.54, 1.807) is 18.4 Å². The van der Waals surface area contributed by atoms with Crippen molar-refractivity contribution >= 4 is 17.2 Å². The lowest BCUT2D eigenvalue weighted by atomic mass is 10.0. The normalized spacial score (nSPS) is 12.0. The molecule has 26 heavy (non-hydrogen) atoms. The molecule has 1 unspecified atom stereocenters. The molecule has 7 heteroatoms. The first-order valence-corrected chi connectivity index (χ1v) is 9.30. The highest BCUT2D eigenvalue weighted by molar-refractivity contribution is 7.08. The molecule has 1 N–H and O–H groups in total. The van der Waals surface area contributed by atoms with Gasteiger partial charge in [0.1, 0.15) is 5.75 Å². The average molecular weight is 371 g/mol. The summed E-state index contributed by atoms with van der Waals surface area (Å²) in [6.07, 6.45) is 0.685. The molecule has 0 bridgehead atoms. The summed E-state index contributed by atoms with van der Waals surface area (Å²) in [7, 11) is 1.63. The Hall–Kier alpha value is -2.67. The number of carbonyl (C=O) groups is 1. The standard InChI is InChI=1S/C19H21N3O3S/c1-12-4-5-16(24-3)15(10-12)13(2)20-17(23)6-7-18-21-22-19(25-18)14-8-9-26-11-14/h4-5,8-11,13H,6-7H2,1-3H3,(H,20,23). The van der Waals surface area contributed by atoms with Crippen molar-refractivity contribution in [1.29, 1.82) is 0 Å². The Balaban J connectivity index is 1.57. The van der Waals surface area contributed by atoms with Gasteiger partial charge in [0.15, 0.2) is 0 Å². The van der Waals surface area contributed by atoms with Crippen LogP contribution in [-0.2, 0) is 11.2 Å². The van der Waals surface area contributed by atoms with E-state index in [-0.39, 0.29) is 18.4 Å². The number of rotatable bonds is 7. The smallest absolute Gasteiger partial charge is 0.248 e. The fourth-order valence-electron chi connectivity index (χ4n) is 2.66. The first-order chi connectivity index (χ1) is 12.6. The fourth-order valence-corrected chi connectivity index (χ4v) is 3.29. The van der Waals surface area contributed by atoms with Gasteiger partial charge in [0.2, 0.25) is 17.7 Å². The number of aromatic nitrogens is 2. The number of nitrogens with one attached hydrogen (secondary N) is 1. The van der Waals surface area contributed by atoms with Crippen LogP contribution in [0.5, 0.6) is 5.75 Å². The minimum atomic E-state index is -0.151. The Kier molecular flexibility index (Phi) is 5.68. The SMILES string of the molecule is COc1ccc(C)cc1C(C)NC(=O)CCc1nnc(-c2ccsc2)o1. The van der Waals surface area contributed by atoms with Crippen molar-refractivity contribution in [2.75, 3.05) is 7.11 Å². The molecule has 0 fully saturated rings. The van der Waals surface area contributed by atoms with E-state index < -0.39 is 0 Å². The molecular formula is C19H21N3O3S. The highest BCUT2D eigenvalue weighted by atomic mass is 32.1. The molecule has 0 aliphatic rings. The third-order valence-corrected chi connectivity index (χ3v) is 4.71. The van der Waals surface area contributed by atoms with Gasteiger partial charge < -0.3 is 14.5 Å². The Bertz CT molecular complexity index is 874. The Morgan fingerprint density at radius 2 is 2.19 bits per heavy atom. The van der Waals surface area contributed by atoms with Crippen LogP contribution < -0.4 is 10.1 Å². The second-order valence-corrected chi connectivity index (χ2v) is 6.83. The molecule has 1 amide bonds. The fraction of sp³-hybridized carbons (Fsp3) is 0.316. The molecule has 0 saturated heterocycles. The van der Waals surface area contributed by atoms with Crippen LogP contribution in [0, 0.1) is 6.92 Å². The van der Waals surface area contributed by atoms with E-state index in [0.29, 0.717) is 18.2 Å². The molecule has 0 aliphatic heterocycles. The van der Waals surface area contributed by atoms with E-state index >= 15 is 0 Å². The second-order valence-electron chi connectivity index (χ2n) is 6.05. The third kappa shape index (κ3) is 4.29. The summed E-state index contributed by atoms with van der Waals surface area (Å²) >= 11 is 1.57. The van der Waals surface area contributed by atoms with Crippen molar-refractivity contribution in [2.24, 2.45) is 0 Å². The average Bonchev–Trinajstić information content (AvgIpc) is 3.31. The minimum absolute atomic E-state index is 0.0728. The van der Waals surface area contributed by atoms with Gasteiger partial charge in [0.05, 0.1) is 13.2 Å². The van der Waals surface area contributed by atoms with Crippen LogP contribution in [0.25, 0.3) is 11.5 Å². The predicted molar refractivity (Wildman–Crippen MR) is 100 cm³/mol. The van der Waals surface area contributed by atoms with Crippen molar-refractivity contribution in [3.63, 3.8) is 0 Å². The summed E-state index contributed by atoms with van der Waals surface area (Å²) in [4.78, 5) is 12.3. The van der Waals surface area contributed by atoms with Crippen LogP contribution in [0.1, 0.15) is 36.4 Å². The van der Waals surface area contributed by atoms with Crippen molar-refractivity contribution < 1.29 is 13.9 Å². The molecule has 136 valence electrons. The number of amides is 1. The zero-order chi connectivity index (χ0) is 18.5. The molecule has 0 spiro atoms. The van der Waals surface area contributed by atoms with Gasteiger partial charge in [-0.25, -0.2) is 0 Å². The van der Waals surface area contributed by atoms with Crippen molar-refractivity contribution in [3.8, 4) is 17.2 Å². The quantitative estimate of drug-likeness (QED) is 0.681. The molecule has 0 aliphatic carbocycles. The van der Waals surface area contributed by atoms with Gasteiger partial charge >= 0.3 is 0 Å². The van der Waals surface area contributed by atoms with Gasteiger partial charge in [-0.15, -0.1) is 10.2 Å². The van der Waals surface area contributed by atoms with E-state index in [4.69, 9.17) is 9.15 Å². The largest absolute Gasteiger partial charge is 0.496 e. The van der Waals surface area contributed by atoms with Gasteiger partial charge in [0, 0.05) is 29.3 Å². The number of thiophene rings is 1. The van der Waals surface area contributed by atoms with Crippen molar-refractivity contribution in [2.45, 2.75) is 32.7 Å². The Morgan fingerprint density at radius 1 is 1.35 bits per heavy atom. The van der Waals surface area contributed by atoms with Gasteiger partial charge in [-0.3, -0.25) is 4.79 Å². The summed E-state index contributed by atoms with van der Waals surface area (Å²) in [6.45, 7) is 3.95. The maximum atomic E-state index is 12.3.